The van der Waals surface area contributed by atoms with Gasteiger partial charge in [-0.15, -0.1) is 0 Å². The third-order valence-corrected chi connectivity index (χ3v) is 12.0. The molecule has 0 atom stereocenters. The summed E-state index contributed by atoms with van der Waals surface area (Å²) in [6, 6.07) is 12.2. The second kappa shape index (κ2) is 14.8. The molecule has 2 aromatic heterocycles. The molecule has 0 unspecified atom stereocenters. The number of hydrogen-bond donors (Lipinski definition) is 1. The van der Waals surface area contributed by atoms with E-state index in [1.807, 2.05) is 54.8 Å². The minimum atomic E-state index is -0.512. The molecule has 0 saturated carbocycles. The largest absolute Gasteiger partial charge is 0.444 e. The monoisotopic (exact) mass is 722 g/mol. The fraction of sp³-hybridized carbons (Fsp3) is 0.558. The molecule has 4 aliphatic heterocycles. The summed E-state index contributed by atoms with van der Waals surface area (Å²) in [5.74, 6) is 1.74. The lowest BCUT2D eigenvalue weighted by atomic mass is 9.98. The van der Waals surface area contributed by atoms with Gasteiger partial charge in [0, 0.05) is 123 Å². The minimum Gasteiger partial charge on any atom is -0.444 e. The predicted octanol–water partition coefficient (Wildman–Crippen LogP) is 7.04. The van der Waals surface area contributed by atoms with Crippen LogP contribution in [0, 0.1) is 11.8 Å². The molecule has 284 valence electrons. The number of aromatic nitrogens is 2. The highest BCUT2D eigenvalue weighted by molar-refractivity contribution is 6.00. The zero-order chi connectivity index (χ0) is 37.6. The van der Waals surface area contributed by atoms with Gasteiger partial charge in [0.25, 0.3) is 11.8 Å². The van der Waals surface area contributed by atoms with Gasteiger partial charge >= 0.3 is 6.09 Å². The van der Waals surface area contributed by atoms with Crippen LogP contribution in [-0.2, 0) is 44.8 Å². The quantitative estimate of drug-likeness (QED) is 0.240. The number of likely N-dealkylation sites (tertiary alicyclic amines) is 2. The van der Waals surface area contributed by atoms with Crippen molar-refractivity contribution < 1.29 is 19.1 Å². The van der Waals surface area contributed by atoms with Crippen molar-refractivity contribution in [2.45, 2.75) is 91.8 Å². The summed E-state index contributed by atoms with van der Waals surface area (Å²) in [6.07, 6.45) is 5.96. The van der Waals surface area contributed by atoms with Crippen molar-refractivity contribution in [3.8, 4) is 0 Å². The third kappa shape index (κ3) is 7.57. The van der Waals surface area contributed by atoms with Crippen molar-refractivity contribution in [1.82, 2.24) is 29.2 Å². The molecule has 0 radical (unpaired) electrons. The van der Waals surface area contributed by atoms with Crippen LogP contribution >= 0.6 is 0 Å². The van der Waals surface area contributed by atoms with E-state index < -0.39 is 5.60 Å². The average molecular weight is 723 g/mol. The van der Waals surface area contributed by atoms with Crippen molar-refractivity contribution in [2.75, 3.05) is 39.3 Å². The summed E-state index contributed by atoms with van der Waals surface area (Å²) in [5, 5.41) is 5.76. The third-order valence-electron chi connectivity index (χ3n) is 12.0. The van der Waals surface area contributed by atoms with Crippen molar-refractivity contribution in [3.63, 3.8) is 0 Å². The first-order valence-corrected chi connectivity index (χ1v) is 19.8. The number of carbonyl (C=O) groups is 3. The van der Waals surface area contributed by atoms with Gasteiger partial charge in [-0.1, -0.05) is 13.8 Å². The molecule has 0 spiro atoms. The Morgan fingerprint density at radius 1 is 0.679 bits per heavy atom. The number of carbonyl (C=O) groups excluding carboxylic acids is 3. The Hall–Kier alpha value is -4.31. The molecule has 2 fully saturated rings. The van der Waals surface area contributed by atoms with Crippen LogP contribution in [0.3, 0.4) is 0 Å². The highest BCUT2D eigenvalue weighted by Gasteiger charge is 2.30. The lowest BCUT2D eigenvalue weighted by Crippen LogP contribution is -2.40. The predicted molar refractivity (Wildman–Crippen MR) is 210 cm³/mol. The number of amides is 3. The number of rotatable bonds is 2. The van der Waals surface area contributed by atoms with Crippen LogP contribution in [0.15, 0.2) is 36.4 Å². The van der Waals surface area contributed by atoms with E-state index in [4.69, 9.17) is 4.74 Å². The van der Waals surface area contributed by atoms with Gasteiger partial charge in [-0.05, 0) is 100 Å². The molecule has 4 aromatic rings. The first-order chi connectivity index (χ1) is 25.3. The topological polar surface area (TPSA) is 92.1 Å². The van der Waals surface area contributed by atoms with Gasteiger partial charge in [-0.3, -0.25) is 9.59 Å². The van der Waals surface area contributed by atoms with E-state index >= 15 is 0 Å². The van der Waals surface area contributed by atoms with Crippen LogP contribution in [0.1, 0.15) is 104 Å². The lowest BCUT2D eigenvalue weighted by molar-refractivity contribution is 0.0223. The smallest absolute Gasteiger partial charge is 0.410 e. The summed E-state index contributed by atoms with van der Waals surface area (Å²) in [4.78, 5) is 44.3. The van der Waals surface area contributed by atoms with Crippen LogP contribution in [0.5, 0.6) is 0 Å². The summed E-state index contributed by atoms with van der Waals surface area (Å²) in [7, 11) is 4.21. The van der Waals surface area contributed by atoms with Crippen molar-refractivity contribution >= 4 is 39.7 Å². The fourth-order valence-corrected chi connectivity index (χ4v) is 8.63. The van der Waals surface area contributed by atoms with Gasteiger partial charge in [-0.2, -0.15) is 0 Å². The molecule has 2 aromatic carbocycles. The highest BCUT2D eigenvalue weighted by atomic mass is 16.6. The van der Waals surface area contributed by atoms with E-state index in [9.17, 15) is 14.4 Å². The summed E-state index contributed by atoms with van der Waals surface area (Å²) < 4.78 is 10.1. The number of ether oxygens (including phenoxy) is 1. The summed E-state index contributed by atoms with van der Waals surface area (Å²) in [6.45, 7) is 16.7. The minimum absolute atomic E-state index is 0.112. The Labute approximate surface area is 314 Å². The normalized spacial score (nSPS) is 18.4. The number of piperidine rings is 2. The van der Waals surface area contributed by atoms with E-state index in [0.717, 1.165) is 111 Å². The molecular weight excluding hydrogens is 665 g/mol. The molecule has 53 heavy (non-hydrogen) atoms. The molecular formula is C43H58N6O4. The molecule has 10 nitrogen and oxygen atoms in total. The molecule has 3 amide bonds. The van der Waals surface area contributed by atoms with Gasteiger partial charge in [-0.25, -0.2) is 4.79 Å². The van der Waals surface area contributed by atoms with E-state index in [-0.39, 0.29) is 17.9 Å². The second-order valence-electron chi connectivity index (χ2n) is 17.0. The second-order valence-corrected chi connectivity index (χ2v) is 17.0. The van der Waals surface area contributed by atoms with E-state index in [2.05, 4.69) is 54.5 Å². The highest BCUT2D eigenvalue weighted by Crippen LogP contribution is 2.33. The maximum atomic E-state index is 13.1. The standard InChI is InChI=1S/C24H33N3O3.C19H25N3O/c1-16-8-11-26(12-9-16)22(28)17-6-7-20-18(14-17)19-15-27(13-10-21(19)25(20)5)23(29)30-24(2,3)4;1-13-6-9-22(10-7-13)19(23)14-3-4-17-15(11-14)16-12-20-8-5-18(16)21(17)2/h6-7,14,16H,8-13,15H2,1-5H3;3-4,11,13,20H,5-10,12H2,1-2H3. The molecule has 10 heteroatoms. The van der Waals surface area contributed by atoms with Gasteiger partial charge in [0.15, 0.2) is 0 Å². The number of fused-ring (bicyclic) bond motifs is 6. The Kier molecular flexibility index (Phi) is 10.4. The number of aryl methyl sites for hydroxylation is 2. The Bertz CT molecular complexity index is 2020. The first-order valence-electron chi connectivity index (χ1n) is 19.8. The van der Waals surface area contributed by atoms with E-state index in [1.165, 1.54) is 27.9 Å². The van der Waals surface area contributed by atoms with Gasteiger partial charge in [0.1, 0.15) is 5.60 Å². The molecule has 6 heterocycles. The van der Waals surface area contributed by atoms with E-state index in [0.29, 0.717) is 19.0 Å². The molecule has 0 aliphatic carbocycles. The average Bonchev–Trinajstić information content (AvgIpc) is 3.60. The number of nitrogens with one attached hydrogen (secondary N) is 1. The van der Waals surface area contributed by atoms with Crippen LogP contribution in [0.25, 0.3) is 21.8 Å². The number of hydrogen-bond acceptors (Lipinski definition) is 5. The molecule has 8 rings (SSSR count). The molecule has 4 aliphatic rings. The van der Waals surface area contributed by atoms with Crippen LogP contribution < -0.4 is 5.32 Å². The van der Waals surface area contributed by atoms with Crippen LogP contribution in [0.2, 0.25) is 0 Å². The zero-order valence-corrected chi connectivity index (χ0v) is 32.9. The molecule has 1 N–H and O–H groups in total. The Morgan fingerprint density at radius 3 is 1.68 bits per heavy atom. The number of nitrogens with zero attached hydrogens (tertiary/aromatic N) is 5. The van der Waals surface area contributed by atoms with Gasteiger partial charge in [0.05, 0.1) is 6.54 Å². The summed E-state index contributed by atoms with van der Waals surface area (Å²) >= 11 is 0. The maximum absolute atomic E-state index is 13.1. The molecule has 2 saturated heterocycles. The van der Waals surface area contributed by atoms with Crippen molar-refractivity contribution in [3.05, 3.63) is 70.0 Å². The SMILES string of the molecule is CC1CCN(C(=O)c2ccc3c(c2)c2c(n3C)CCN(C(=O)OC(C)(C)C)C2)CC1.CC1CCN(C(=O)c2ccc3c(c2)c2c(n3C)CCNC2)CC1. The van der Waals surface area contributed by atoms with Crippen LogP contribution in [0.4, 0.5) is 4.79 Å². The van der Waals surface area contributed by atoms with E-state index in [1.54, 1.807) is 4.90 Å². The fourth-order valence-electron chi connectivity index (χ4n) is 8.63. The summed E-state index contributed by atoms with van der Waals surface area (Å²) in [5.41, 5.74) is 8.56. The van der Waals surface area contributed by atoms with Gasteiger partial charge in [0.2, 0.25) is 0 Å². The first kappa shape index (κ1) is 37.0. The van der Waals surface area contributed by atoms with Crippen LogP contribution in [-0.4, -0.2) is 86.6 Å². The van der Waals surface area contributed by atoms with Crippen molar-refractivity contribution in [2.24, 2.45) is 25.9 Å². The zero-order valence-electron chi connectivity index (χ0n) is 32.9. The van der Waals surface area contributed by atoms with Gasteiger partial charge < -0.3 is 33.9 Å². The molecule has 0 bridgehead atoms. The lowest BCUT2D eigenvalue weighted by Gasteiger charge is -2.31. The Balaban J connectivity index is 0.000000170. The maximum Gasteiger partial charge on any atom is 0.410 e. The number of benzene rings is 2. The van der Waals surface area contributed by atoms with Crippen molar-refractivity contribution in [1.29, 1.82) is 0 Å². The Morgan fingerprint density at radius 2 is 1.17 bits per heavy atom.